The van der Waals surface area contributed by atoms with Gasteiger partial charge in [0.05, 0.1) is 19.8 Å². The predicted octanol–water partition coefficient (Wildman–Crippen LogP) is -0.230. The number of ether oxygens (including phenoxy) is 2. The molecular weight excluding hydrogens is 362 g/mol. The van der Waals surface area contributed by atoms with E-state index >= 15 is 0 Å². The Hall–Kier alpha value is -1.87. The van der Waals surface area contributed by atoms with E-state index in [2.05, 4.69) is 20.1 Å². The fourth-order valence-corrected chi connectivity index (χ4v) is 3.16. The number of carbonyl (C=O) groups is 2. The van der Waals surface area contributed by atoms with Gasteiger partial charge in [-0.2, -0.15) is 0 Å². The zero-order valence-corrected chi connectivity index (χ0v) is 17.7. The Kier molecular flexibility index (Phi) is 8.50. The van der Waals surface area contributed by atoms with E-state index in [1.807, 2.05) is 32.6 Å². The van der Waals surface area contributed by atoms with E-state index in [1.54, 1.807) is 0 Å². The van der Waals surface area contributed by atoms with Gasteiger partial charge in [-0.05, 0) is 27.7 Å². The molecule has 2 fully saturated rings. The van der Waals surface area contributed by atoms with Gasteiger partial charge in [-0.25, -0.2) is 4.99 Å². The number of carbonyl (C=O) groups excluding carboxylic acids is 2. The number of guanidine groups is 1. The Bertz CT molecular complexity index is 547. The van der Waals surface area contributed by atoms with Crippen molar-refractivity contribution in [1.82, 2.24) is 20.0 Å². The van der Waals surface area contributed by atoms with E-state index in [9.17, 15) is 9.59 Å². The molecule has 0 radical (unpaired) electrons. The Balaban J connectivity index is 1.81. The summed E-state index contributed by atoms with van der Waals surface area (Å²) in [6, 6.07) is 0. The summed E-state index contributed by atoms with van der Waals surface area (Å²) in [7, 11) is 0. The van der Waals surface area contributed by atoms with Gasteiger partial charge in [0.2, 0.25) is 5.91 Å². The third-order valence-corrected chi connectivity index (χ3v) is 4.51. The second-order valence-electron chi connectivity index (χ2n) is 8.01. The second-order valence-corrected chi connectivity index (χ2v) is 8.01. The molecule has 28 heavy (non-hydrogen) atoms. The standard InChI is InChI=1S/C19H35N5O4/c1-5-20-18(21-14-17(26)28-19(2,3)4)24-8-6-22(7-9-24)15-16(25)23-10-12-27-13-11-23/h5-15H2,1-4H3,(H,20,21). The van der Waals surface area contributed by atoms with Crippen LogP contribution in [-0.4, -0.2) is 110 Å². The molecule has 0 unspecified atom stereocenters. The van der Waals surface area contributed by atoms with Crippen LogP contribution in [0.2, 0.25) is 0 Å². The first-order valence-corrected chi connectivity index (χ1v) is 10.1. The van der Waals surface area contributed by atoms with E-state index in [0.717, 1.165) is 32.7 Å². The molecule has 0 atom stereocenters. The highest BCUT2D eigenvalue weighted by molar-refractivity contribution is 5.83. The summed E-state index contributed by atoms with van der Waals surface area (Å²) in [6.07, 6.45) is 0. The van der Waals surface area contributed by atoms with Crippen molar-refractivity contribution in [3.05, 3.63) is 0 Å². The molecule has 0 aromatic heterocycles. The largest absolute Gasteiger partial charge is 0.459 e. The van der Waals surface area contributed by atoms with Crippen molar-refractivity contribution in [3.8, 4) is 0 Å². The first-order valence-electron chi connectivity index (χ1n) is 10.1. The van der Waals surface area contributed by atoms with Crippen LogP contribution in [0.15, 0.2) is 4.99 Å². The first-order chi connectivity index (χ1) is 13.3. The zero-order chi connectivity index (χ0) is 20.6. The Morgan fingerprint density at radius 2 is 1.68 bits per heavy atom. The number of esters is 1. The first kappa shape index (κ1) is 22.4. The Morgan fingerprint density at radius 1 is 1.04 bits per heavy atom. The van der Waals surface area contributed by atoms with E-state index in [1.165, 1.54) is 0 Å². The lowest BCUT2D eigenvalue weighted by Gasteiger charge is -2.37. The molecule has 0 aromatic rings. The maximum atomic E-state index is 12.4. The summed E-state index contributed by atoms with van der Waals surface area (Å²) in [5.41, 5.74) is -0.510. The number of piperazine rings is 1. The number of nitrogens with one attached hydrogen (secondary N) is 1. The Labute approximate surface area is 168 Å². The third kappa shape index (κ3) is 7.63. The quantitative estimate of drug-likeness (QED) is 0.390. The number of aliphatic imine (C=N–C) groups is 1. The number of morpholine rings is 1. The number of hydrogen-bond donors (Lipinski definition) is 1. The van der Waals surface area contributed by atoms with E-state index in [4.69, 9.17) is 9.47 Å². The van der Waals surface area contributed by atoms with Gasteiger partial charge in [0, 0.05) is 45.8 Å². The van der Waals surface area contributed by atoms with Gasteiger partial charge in [-0.3, -0.25) is 14.5 Å². The molecule has 2 heterocycles. The smallest absolute Gasteiger partial charge is 0.328 e. The fourth-order valence-electron chi connectivity index (χ4n) is 3.16. The van der Waals surface area contributed by atoms with Crippen molar-refractivity contribution in [3.63, 3.8) is 0 Å². The Morgan fingerprint density at radius 3 is 2.25 bits per heavy atom. The van der Waals surface area contributed by atoms with Crippen molar-refractivity contribution in [1.29, 1.82) is 0 Å². The molecule has 0 bridgehead atoms. The summed E-state index contributed by atoms with van der Waals surface area (Å²) in [5, 5.41) is 3.24. The zero-order valence-electron chi connectivity index (χ0n) is 17.7. The van der Waals surface area contributed by atoms with Crippen LogP contribution < -0.4 is 5.32 Å². The fraction of sp³-hybridized carbons (Fsp3) is 0.842. The second kappa shape index (κ2) is 10.6. The molecule has 9 nitrogen and oxygen atoms in total. The van der Waals surface area contributed by atoms with Crippen molar-refractivity contribution < 1.29 is 19.1 Å². The highest BCUT2D eigenvalue weighted by Crippen LogP contribution is 2.08. The molecular formula is C19H35N5O4. The molecule has 2 saturated heterocycles. The van der Waals surface area contributed by atoms with Crippen LogP contribution in [0.3, 0.4) is 0 Å². The number of amides is 1. The van der Waals surface area contributed by atoms with Crippen LogP contribution in [-0.2, 0) is 19.1 Å². The average Bonchev–Trinajstić information content (AvgIpc) is 2.65. The maximum Gasteiger partial charge on any atom is 0.328 e. The molecule has 0 spiro atoms. The molecule has 0 saturated carbocycles. The van der Waals surface area contributed by atoms with Gasteiger partial charge in [0.15, 0.2) is 5.96 Å². The van der Waals surface area contributed by atoms with Gasteiger partial charge in [0.25, 0.3) is 0 Å². The molecule has 2 aliphatic heterocycles. The van der Waals surface area contributed by atoms with Crippen LogP contribution in [0.25, 0.3) is 0 Å². The van der Waals surface area contributed by atoms with Gasteiger partial charge in [-0.1, -0.05) is 0 Å². The number of nitrogens with zero attached hydrogens (tertiary/aromatic N) is 4. The molecule has 2 aliphatic rings. The summed E-state index contributed by atoms with van der Waals surface area (Å²) < 4.78 is 10.6. The van der Waals surface area contributed by atoms with Crippen LogP contribution in [0.5, 0.6) is 0 Å². The average molecular weight is 398 g/mol. The van der Waals surface area contributed by atoms with E-state index in [-0.39, 0.29) is 18.4 Å². The van der Waals surface area contributed by atoms with Crippen molar-refractivity contribution in [2.75, 3.05) is 72.1 Å². The highest BCUT2D eigenvalue weighted by Gasteiger charge is 2.24. The van der Waals surface area contributed by atoms with Crippen LogP contribution >= 0.6 is 0 Å². The molecule has 0 aliphatic carbocycles. The topological polar surface area (TPSA) is 86.7 Å². The number of rotatable bonds is 5. The van der Waals surface area contributed by atoms with Crippen molar-refractivity contribution in [2.24, 2.45) is 4.99 Å². The lowest BCUT2D eigenvalue weighted by atomic mass is 10.2. The van der Waals surface area contributed by atoms with E-state index in [0.29, 0.717) is 38.8 Å². The minimum Gasteiger partial charge on any atom is -0.459 e. The van der Waals surface area contributed by atoms with Gasteiger partial charge < -0.3 is 24.6 Å². The molecule has 0 aromatic carbocycles. The van der Waals surface area contributed by atoms with Gasteiger partial charge in [-0.15, -0.1) is 0 Å². The van der Waals surface area contributed by atoms with Crippen LogP contribution in [0.1, 0.15) is 27.7 Å². The van der Waals surface area contributed by atoms with E-state index < -0.39 is 5.60 Å². The third-order valence-electron chi connectivity index (χ3n) is 4.51. The normalized spacial score (nSPS) is 19.5. The lowest BCUT2D eigenvalue weighted by molar-refractivity contribution is -0.152. The molecule has 1 amide bonds. The lowest BCUT2D eigenvalue weighted by Crippen LogP contribution is -2.55. The SMILES string of the molecule is CCNC(=NCC(=O)OC(C)(C)C)N1CCN(CC(=O)N2CCOCC2)CC1. The van der Waals surface area contributed by atoms with Gasteiger partial charge >= 0.3 is 5.97 Å². The van der Waals surface area contributed by atoms with Crippen molar-refractivity contribution in [2.45, 2.75) is 33.3 Å². The van der Waals surface area contributed by atoms with Crippen LogP contribution in [0, 0.1) is 0 Å². The summed E-state index contributed by atoms with van der Waals surface area (Å²) in [6.45, 7) is 14.4. The highest BCUT2D eigenvalue weighted by atomic mass is 16.6. The predicted molar refractivity (Wildman–Crippen MR) is 107 cm³/mol. The monoisotopic (exact) mass is 397 g/mol. The van der Waals surface area contributed by atoms with Gasteiger partial charge in [0.1, 0.15) is 12.1 Å². The molecule has 1 N–H and O–H groups in total. The van der Waals surface area contributed by atoms with Crippen LogP contribution in [0.4, 0.5) is 0 Å². The molecule has 9 heteroatoms. The maximum absolute atomic E-state index is 12.4. The minimum absolute atomic E-state index is 0.00463. The summed E-state index contributed by atoms with van der Waals surface area (Å²) in [4.78, 5) is 35.0. The molecule has 160 valence electrons. The number of hydrogen-bond acceptors (Lipinski definition) is 6. The summed E-state index contributed by atoms with van der Waals surface area (Å²) in [5.74, 6) is 0.549. The minimum atomic E-state index is -0.510. The summed E-state index contributed by atoms with van der Waals surface area (Å²) >= 11 is 0. The van der Waals surface area contributed by atoms with Crippen molar-refractivity contribution >= 4 is 17.8 Å². The molecule has 2 rings (SSSR count).